The van der Waals surface area contributed by atoms with Gasteiger partial charge in [0.05, 0.1) is 5.52 Å². The highest BCUT2D eigenvalue weighted by Crippen LogP contribution is 2.33. The summed E-state index contributed by atoms with van der Waals surface area (Å²) in [5.41, 5.74) is 7.21. The average Bonchev–Trinajstić information content (AvgIpc) is 3.08. The Bertz CT molecular complexity index is 1170. The molecule has 0 aliphatic heterocycles. The maximum atomic E-state index is 4.09. The number of hydrogen-bond donors (Lipinski definition) is 1. The molecule has 0 atom stereocenters. The lowest BCUT2D eigenvalue weighted by atomic mass is 9.99. The molecule has 0 radical (unpaired) electrons. The lowest BCUT2D eigenvalue weighted by Crippen LogP contribution is -1.82. The van der Waals surface area contributed by atoms with Crippen LogP contribution in [0.1, 0.15) is 0 Å². The van der Waals surface area contributed by atoms with Crippen LogP contribution in [-0.2, 0) is 0 Å². The highest BCUT2D eigenvalue weighted by Gasteiger charge is 2.09. The lowest BCUT2D eigenvalue weighted by Gasteiger charge is -2.06. The second-order valence-electron chi connectivity index (χ2n) is 6.21. The molecule has 5 rings (SSSR count). The molecule has 0 saturated carbocycles. The van der Waals surface area contributed by atoms with Crippen molar-refractivity contribution in [3.05, 3.63) is 91.3 Å². The first-order valence-electron chi connectivity index (χ1n) is 8.40. The van der Waals surface area contributed by atoms with E-state index in [0.717, 1.165) is 0 Å². The van der Waals surface area contributed by atoms with Gasteiger partial charge in [-0.3, -0.25) is 4.98 Å². The van der Waals surface area contributed by atoms with Gasteiger partial charge in [-0.2, -0.15) is 0 Å². The number of hydrogen-bond acceptors (Lipinski definition) is 1. The van der Waals surface area contributed by atoms with Gasteiger partial charge in [-0.05, 0) is 34.9 Å². The fourth-order valence-electron chi connectivity index (χ4n) is 3.50. The zero-order chi connectivity index (χ0) is 16.6. The number of fused-ring (bicyclic) bond motifs is 3. The molecule has 2 aromatic heterocycles. The minimum atomic E-state index is 1.18. The average molecular weight is 320 g/mol. The number of pyridine rings is 1. The van der Waals surface area contributed by atoms with E-state index in [0.29, 0.717) is 0 Å². The summed E-state index contributed by atoms with van der Waals surface area (Å²) in [7, 11) is 0. The van der Waals surface area contributed by atoms with Gasteiger partial charge in [0.1, 0.15) is 0 Å². The fourth-order valence-corrected chi connectivity index (χ4v) is 3.50. The summed E-state index contributed by atoms with van der Waals surface area (Å²) in [6.45, 7) is 0. The van der Waals surface area contributed by atoms with E-state index in [-0.39, 0.29) is 0 Å². The Morgan fingerprint density at radius 2 is 1.24 bits per heavy atom. The first-order chi connectivity index (χ1) is 12.4. The molecule has 25 heavy (non-hydrogen) atoms. The monoisotopic (exact) mass is 320 g/mol. The van der Waals surface area contributed by atoms with Crippen molar-refractivity contribution in [2.75, 3.05) is 0 Å². The summed E-state index contributed by atoms with van der Waals surface area (Å²) < 4.78 is 0. The molecule has 2 heterocycles. The molecule has 0 aliphatic carbocycles. The minimum absolute atomic E-state index is 1.18. The topological polar surface area (TPSA) is 28.7 Å². The van der Waals surface area contributed by atoms with Crippen molar-refractivity contribution >= 4 is 21.8 Å². The van der Waals surface area contributed by atoms with Crippen LogP contribution < -0.4 is 0 Å². The molecule has 1 N–H and O–H groups in total. The summed E-state index contributed by atoms with van der Waals surface area (Å²) in [5.74, 6) is 0. The fraction of sp³-hybridized carbons (Fsp3) is 0. The van der Waals surface area contributed by atoms with E-state index in [1.165, 1.54) is 44.1 Å². The van der Waals surface area contributed by atoms with Gasteiger partial charge in [0.25, 0.3) is 0 Å². The Kier molecular flexibility index (Phi) is 3.14. The first-order valence-corrected chi connectivity index (χ1v) is 8.40. The molecular formula is C23H16N2. The summed E-state index contributed by atoms with van der Waals surface area (Å²) in [6, 6.07) is 27.8. The van der Waals surface area contributed by atoms with Gasteiger partial charge in [-0.25, -0.2) is 0 Å². The molecule has 0 fully saturated rings. The van der Waals surface area contributed by atoms with E-state index in [1.54, 1.807) is 0 Å². The molecule has 0 aliphatic rings. The first kappa shape index (κ1) is 14.0. The molecule has 2 heteroatoms. The van der Waals surface area contributed by atoms with Crippen LogP contribution in [0.4, 0.5) is 0 Å². The SMILES string of the molecule is c1ccc2c(c1)[nH]c1c(-c3ccc(-c4ccncc4)cc3)cccc12. The standard InChI is InChI=1S/C23H16N2/c1-2-7-22-20(4-1)21-6-3-5-19(23(21)25-22)18-10-8-16(9-11-18)17-12-14-24-15-13-17/h1-15,25H. The molecule has 2 nitrogen and oxygen atoms in total. The Balaban J connectivity index is 1.66. The van der Waals surface area contributed by atoms with Crippen LogP contribution in [0.15, 0.2) is 91.3 Å². The summed E-state index contributed by atoms with van der Waals surface area (Å²) in [6.07, 6.45) is 3.66. The van der Waals surface area contributed by atoms with E-state index in [4.69, 9.17) is 0 Å². The smallest absolute Gasteiger partial charge is 0.0544 e. The van der Waals surface area contributed by atoms with E-state index < -0.39 is 0 Å². The Morgan fingerprint density at radius 3 is 2.08 bits per heavy atom. The van der Waals surface area contributed by atoms with E-state index in [1.807, 2.05) is 24.5 Å². The zero-order valence-electron chi connectivity index (χ0n) is 13.6. The van der Waals surface area contributed by atoms with Crippen LogP contribution in [0.25, 0.3) is 44.1 Å². The van der Waals surface area contributed by atoms with Crippen molar-refractivity contribution < 1.29 is 0 Å². The quantitative estimate of drug-likeness (QED) is 0.421. The second-order valence-corrected chi connectivity index (χ2v) is 6.21. The molecule has 0 amide bonds. The third kappa shape index (κ3) is 2.31. The molecule has 118 valence electrons. The Morgan fingerprint density at radius 1 is 0.560 bits per heavy atom. The van der Waals surface area contributed by atoms with Crippen molar-refractivity contribution in [1.29, 1.82) is 0 Å². The van der Waals surface area contributed by atoms with Gasteiger partial charge in [-0.15, -0.1) is 0 Å². The molecule has 0 saturated heterocycles. The number of benzene rings is 3. The predicted octanol–water partition coefficient (Wildman–Crippen LogP) is 6.05. The van der Waals surface area contributed by atoms with Gasteiger partial charge in [0.15, 0.2) is 0 Å². The maximum Gasteiger partial charge on any atom is 0.0544 e. The van der Waals surface area contributed by atoms with Crippen molar-refractivity contribution in [3.63, 3.8) is 0 Å². The van der Waals surface area contributed by atoms with Gasteiger partial charge in [0.2, 0.25) is 0 Å². The minimum Gasteiger partial charge on any atom is -0.354 e. The summed E-state index contributed by atoms with van der Waals surface area (Å²) in [4.78, 5) is 7.67. The van der Waals surface area contributed by atoms with Crippen molar-refractivity contribution in [2.45, 2.75) is 0 Å². The Labute approximate surface area is 145 Å². The number of nitrogens with one attached hydrogen (secondary N) is 1. The third-order valence-electron chi connectivity index (χ3n) is 4.75. The van der Waals surface area contributed by atoms with Gasteiger partial charge >= 0.3 is 0 Å². The maximum absolute atomic E-state index is 4.09. The largest absolute Gasteiger partial charge is 0.354 e. The zero-order valence-corrected chi connectivity index (χ0v) is 13.6. The Hall–Kier alpha value is -3.39. The number of aromatic nitrogens is 2. The number of para-hydroxylation sites is 2. The van der Waals surface area contributed by atoms with Crippen molar-refractivity contribution in [3.8, 4) is 22.3 Å². The van der Waals surface area contributed by atoms with Crippen LogP contribution in [0.5, 0.6) is 0 Å². The number of H-pyrrole nitrogens is 1. The van der Waals surface area contributed by atoms with Crippen LogP contribution in [0.3, 0.4) is 0 Å². The second kappa shape index (κ2) is 5.60. The number of aromatic amines is 1. The van der Waals surface area contributed by atoms with E-state index >= 15 is 0 Å². The molecule has 3 aromatic carbocycles. The van der Waals surface area contributed by atoms with E-state index in [2.05, 4.69) is 76.7 Å². The number of nitrogens with zero attached hydrogens (tertiary/aromatic N) is 1. The molecule has 0 bridgehead atoms. The van der Waals surface area contributed by atoms with Gasteiger partial charge in [0, 0.05) is 34.2 Å². The molecular weight excluding hydrogens is 304 g/mol. The van der Waals surface area contributed by atoms with Crippen molar-refractivity contribution in [2.24, 2.45) is 0 Å². The highest BCUT2D eigenvalue weighted by atomic mass is 14.7. The highest BCUT2D eigenvalue weighted by molar-refractivity contribution is 6.11. The van der Waals surface area contributed by atoms with Crippen LogP contribution in [0.2, 0.25) is 0 Å². The number of rotatable bonds is 2. The lowest BCUT2D eigenvalue weighted by molar-refractivity contribution is 1.33. The summed E-state index contributed by atoms with van der Waals surface area (Å²) >= 11 is 0. The predicted molar refractivity (Wildman–Crippen MR) is 104 cm³/mol. The molecule has 0 unspecified atom stereocenters. The van der Waals surface area contributed by atoms with Crippen molar-refractivity contribution in [1.82, 2.24) is 9.97 Å². The van der Waals surface area contributed by atoms with Gasteiger partial charge < -0.3 is 4.98 Å². The van der Waals surface area contributed by atoms with Gasteiger partial charge in [-0.1, -0.05) is 60.7 Å². The molecule has 5 aromatic rings. The van der Waals surface area contributed by atoms with Crippen LogP contribution in [-0.4, -0.2) is 9.97 Å². The molecule has 0 spiro atoms. The summed E-state index contributed by atoms with van der Waals surface area (Å²) in [5, 5.41) is 2.54. The van der Waals surface area contributed by atoms with E-state index in [9.17, 15) is 0 Å². The third-order valence-corrected chi connectivity index (χ3v) is 4.75. The van der Waals surface area contributed by atoms with Crippen LogP contribution in [0, 0.1) is 0 Å². The normalized spacial score (nSPS) is 11.2. The van der Waals surface area contributed by atoms with Crippen LogP contribution >= 0.6 is 0 Å².